The van der Waals surface area contributed by atoms with Crippen molar-refractivity contribution in [2.24, 2.45) is 7.05 Å². The molecule has 0 radical (unpaired) electrons. The number of nitrogens with zero attached hydrogens (tertiary/aromatic N) is 2. The molecule has 1 amide bonds. The van der Waals surface area contributed by atoms with E-state index in [0.29, 0.717) is 28.5 Å². The van der Waals surface area contributed by atoms with Crippen molar-refractivity contribution in [3.63, 3.8) is 0 Å². The van der Waals surface area contributed by atoms with Crippen molar-refractivity contribution < 1.29 is 17.9 Å². The smallest absolute Gasteiger partial charge is 0.244 e. The number of carbonyl (C=O) groups excluding carboxylic acids is 1. The van der Waals surface area contributed by atoms with Crippen LogP contribution in [0, 0.1) is 13.8 Å². The number of hydrogen-bond acceptors (Lipinski definition) is 6. The fourth-order valence-electron chi connectivity index (χ4n) is 2.55. The van der Waals surface area contributed by atoms with Crippen LogP contribution in [0.1, 0.15) is 18.3 Å². The largest absolute Gasteiger partial charge is 0.495 e. The van der Waals surface area contributed by atoms with Crippen LogP contribution in [0.5, 0.6) is 5.75 Å². The second kappa shape index (κ2) is 7.34. The van der Waals surface area contributed by atoms with Crippen LogP contribution in [-0.4, -0.2) is 37.3 Å². The lowest BCUT2D eigenvalue weighted by molar-refractivity contribution is -0.117. The number of anilines is 2. The Morgan fingerprint density at radius 3 is 2.50 bits per heavy atom. The number of methoxy groups -OCH3 is 1. The molecule has 2 aromatic rings. The molecule has 9 nitrogen and oxygen atoms in total. The lowest BCUT2D eigenvalue weighted by atomic mass is 10.2. The Morgan fingerprint density at radius 2 is 2.00 bits per heavy atom. The molecule has 1 heterocycles. The number of amides is 1. The second-order valence-corrected chi connectivity index (χ2v) is 7.56. The van der Waals surface area contributed by atoms with Crippen LogP contribution >= 0.6 is 0 Å². The molecule has 2 rings (SSSR count). The Labute approximate surface area is 152 Å². The third kappa shape index (κ3) is 3.97. The first-order valence-corrected chi connectivity index (χ1v) is 9.32. The SMILES string of the molecule is COc1ccc(NC(=O)C(C)NS(=O)(=O)c2c(C)nn(C)c2C)cc1N. The van der Waals surface area contributed by atoms with E-state index in [0.717, 1.165) is 0 Å². The van der Waals surface area contributed by atoms with Crippen molar-refractivity contribution in [3.8, 4) is 5.75 Å². The van der Waals surface area contributed by atoms with Crippen molar-refractivity contribution in [2.75, 3.05) is 18.2 Å². The van der Waals surface area contributed by atoms with Gasteiger partial charge in [0.15, 0.2) is 0 Å². The molecule has 0 aliphatic heterocycles. The predicted octanol–water partition coefficient (Wildman–Crippen LogP) is 0.933. The van der Waals surface area contributed by atoms with E-state index < -0.39 is 22.0 Å². The van der Waals surface area contributed by atoms with E-state index in [1.807, 2.05) is 0 Å². The van der Waals surface area contributed by atoms with Crippen molar-refractivity contribution in [1.29, 1.82) is 0 Å². The zero-order valence-electron chi connectivity index (χ0n) is 15.3. The molecule has 142 valence electrons. The van der Waals surface area contributed by atoms with Gasteiger partial charge in [0, 0.05) is 12.7 Å². The third-order valence-electron chi connectivity index (χ3n) is 3.93. The van der Waals surface area contributed by atoms with E-state index in [-0.39, 0.29) is 4.90 Å². The number of carbonyl (C=O) groups is 1. The molecule has 26 heavy (non-hydrogen) atoms. The van der Waals surface area contributed by atoms with Gasteiger partial charge in [-0.3, -0.25) is 9.48 Å². The minimum Gasteiger partial charge on any atom is -0.495 e. The van der Waals surface area contributed by atoms with Crippen molar-refractivity contribution >= 4 is 27.3 Å². The standard InChI is InChI=1S/C16H23N5O4S/c1-9-15(11(3)21(4)19-9)26(23,24)20-10(2)16(22)18-12-6-7-14(25-5)13(17)8-12/h6-8,10,20H,17H2,1-5H3,(H,18,22). The average molecular weight is 381 g/mol. The van der Waals surface area contributed by atoms with E-state index in [2.05, 4.69) is 15.1 Å². The van der Waals surface area contributed by atoms with Gasteiger partial charge in [0.2, 0.25) is 15.9 Å². The number of rotatable bonds is 6. The highest BCUT2D eigenvalue weighted by Crippen LogP contribution is 2.24. The monoisotopic (exact) mass is 381 g/mol. The summed E-state index contributed by atoms with van der Waals surface area (Å²) >= 11 is 0. The van der Waals surface area contributed by atoms with Gasteiger partial charge < -0.3 is 15.8 Å². The van der Waals surface area contributed by atoms with Crippen molar-refractivity contribution in [3.05, 3.63) is 29.6 Å². The molecule has 0 fully saturated rings. The van der Waals surface area contributed by atoms with Crippen LogP contribution in [0.2, 0.25) is 0 Å². The molecule has 1 aromatic carbocycles. The van der Waals surface area contributed by atoms with E-state index in [1.165, 1.54) is 24.8 Å². The van der Waals surface area contributed by atoms with Gasteiger partial charge in [-0.2, -0.15) is 9.82 Å². The first kappa shape index (κ1) is 19.7. The quantitative estimate of drug-likeness (QED) is 0.639. The fourth-order valence-corrected chi connectivity index (χ4v) is 4.19. The third-order valence-corrected chi connectivity index (χ3v) is 5.73. The van der Waals surface area contributed by atoms with Gasteiger partial charge in [0.05, 0.1) is 30.2 Å². The molecule has 0 saturated heterocycles. The number of benzene rings is 1. The summed E-state index contributed by atoms with van der Waals surface area (Å²) in [4.78, 5) is 12.4. The molecule has 0 aliphatic rings. The number of nitrogen functional groups attached to an aromatic ring is 1. The lowest BCUT2D eigenvalue weighted by Gasteiger charge is -2.15. The van der Waals surface area contributed by atoms with E-state index in [1.54, 1.807) is 33.0 Å². The Bertz CT molecular complexity index is 936. The normalized spacial score (nSPS) is 12.7. The van der Waals surface area contributed by atoms with E-state index in [4.69, 9.17) is 10.5 Å². The van der Waals surface area contributed by atoms with Crippen LogP contribution in [0.4, 0.5) is 11.4 Å². The zero-order chi connectivity index (χ0) is 19.6. The summed E-state index contributed by atoms with van der Waals surface area (Å²) in [6, 6.07) is 3.77. The van der Waals surface area contributed by atoms with E-state index >= 15 is 0 Å². The molecule has 0 aliphatic carbocycles. The zero-order valence-corrected chi connectivity index (χ0v) is 16.1. The van der Waals surface area contributed by atoms with Gasteiger partial charge in [-0.25, -0.2) is 8.42 Å². The molecule has 0 bridgehead atoms. The Morgan fingerprint density at radius 1 is 1.35 bits per heavy atom. The van der Waals surface area contributed by atoms with Crippen LogP contribution in [0.25, 0.3) is 0 Å². The summed E-state index contributed by atoms with van der Waals surface area (Å²) in [6.45, 7) is 4.71. The number of ether oxygens (including phenoxy) is 1. The fraction of sp³-hybridized carbons (Fsp3) is 0.375. The maximum absolute atomic E-state index is 12.6. The Balaban J connectivity index is 2.14. The molecule has 4 N–H and O–H groups in total. The highest BCUT2D eigenvalue weighted by atomic mass is 32.2. The van der Waals surface area contributed by atoms with Gasteiger partial charge in [-0.05, 0) is 39.0 Å². The van der Waals surface area contributed by atoms with Gasteiger partial charge in [-0.15, -0.1) is 0 Å². The summed E-state index contributed by atoms with van der Waals surface area (Å²) in [5, 5.41) is 6.71. The Kier molecular flexibility index (Phi) is 5.57. The van der Waals surface area contributed by atoms with Crippen LogP contribution < -0.4 is 20.5 Å². The number of sulfonamides is 1. The topological polar surface area (TPSA) is 128 Å². The van der Waals surface area contributed by atoms with Crippen molar-refractivity contribution in [2.45, 2.75) is 31.7 Å². The van der Waals surface area contributed by atoms with Gasteiger partial charge in [0.1, 0.15) is 10.6 Å². The summed E-state index contributed by atoms with van der Waals surface area (Å²) in [5.74, 6) is -0.0309. The van der Waals surface area contributed by atoms with Crippen LogP contribution in [0.3, 0.4) is 0 Å². The maximum Gasteiger partial charge on any atom is 0.244 e. The summed E-state index contributed by atoms with van der Waals surface area (Å²) in [6.07, 6.45) is 0. The summed E-state index contributed by atoms with van der Waals surface area (Å²) < 4.78 is 34.1. The van der Waals surface area contributed by atoms with Gasteiger partial charge in [-0.1, -0.05) is 0 Å². The van der Waals surface area contributed by atoms with E-state index in [9.17, 15) is 13.2 Å². The number of aromatic nitrogens is 2. The molecule has 1 unspecified atom stereocenters. The highest BCUT2D eigenvalue weighted by molar-refractivity contribution is 7.89. The summed E-state index contributed by atoms with van der Waals surface area (Å²) in [7, 11) is -0.747. The molecule has 0 saturated carbocycles. The molecular formula is C16H23N5O4S. The Hall–Kier alpha value is -2.59. The minimum absolute atomic E-state index is 0.0772. The second-order valence-electron chi connectivity index (χ2n) is 5.91. The molecule has 1 atom stereocenters. The molecule has 0 spiro atoms. The lowest BCUT2D eigenvalue weighted by Crippen LogP contribution is -2.41. The number of nitrogens with two attached hydrogens (primary N) is 1. The first-order chi connectivity index (χ1) is 12.1. The van der Waals surface area contributed by atoms with Gasteiger partial charge in [0.25, 0.3) is 0 Å². The van der Waals surface area contributed by atoms with Crippen LogP contribution in [-0.2, 0) is 21.9 Å². The van der Waals surface area contributed by atoms with Crippen molar-refractivity contribution in [1.82, 2.24) is 14.5 Å². The molecule has 10 heteroatoms. The maximum atomic E-state index is 12.6. The first-order valence-electron chi connectivity index (χ1n) is 7.83. The number of nitrogens with one attached hydrogen (secondary N) is 2. The summed E-state index contributed by atoms with van der Waals surface area (Å²) in [5.41, 5.74) is 7.46. The minimum atomic E-state index is -3.90. The average Bonchev–Trinajstić information content (AvgIpc) is 2.80. The number of aryl methyl sites for hydroxylation is 2. The van der Waals surface area contributed by atoms with Crippen LogP contribution in [0.15, 0.2) is 23.1 Å². The molecule has 1 aromatic heterocycles. The number of hydrogen-bond donors (Lipinski definition) is 3. The highest BCUT2D eigenvalue weighted by Gasteiger charge is 2.27. The predicted molar refractivity (Wildman–Crippen MR) is 98.5 cm³/mol. The van der Waals surface area contributed by atoms with Gasteiger partial charge >= 0.3 is 0 Å². The molecular weight excluding hydrogens is 358 g/mol.